The molecule has 3 aromatic rings. The number of rotatable bonds is 13. The number of fused-ring (bicyclic) bond motifs is 1. The molecule has 278 valence electrons. The first kappa shape index (κ1) is 38.3. The predicted octanol–water partition coefficient (Wildman–Crippen LogP) is 5.76. The molecule has 1 heterocycles. The van der Waals surface area contributed by atoms with Crippen molar-refractivity contribution in [2.24, 2.45) is 18.9 Å². The number of alkyl halides is 3. The Labute approximate surface area is 300 Å². The number of aromatic nitrogens is 2. The van der Waals surface area contributed by atoms with Gasteiger partial charge >= 0.3 is 18.1 Å². The molecule has 0 saturated heterocycles. The van der Waals surface area contributed by atoms with Crippen LogP contribution in [-0.4, -0.2) is 57.0 Å². The van der Waals surface area contributed by atoms with Gasteiger partial charge in [-0.15, -0.1) is 0 Å². The Morgan fingerprint density at radius 2 is 1.73 bits per heavy atom. The minimum absolute atomic E-state index is 0.0329. The van der Waals surface area contributed by atoms with E-state index in [1.54, 1.807) is 31.3 Å². The van der Waals surface area contributed by atoms with Crippen LogP contribution in [0.5, 0.6) is 0 Å². The number of nitrogens with one attached hydrogen (secondary N) is 3. The van der Waals surface area contributed by atoms with Crippen LogP contribution >= 0.6 is 11.6 Å². The monoisotopic (exact) mass is 748 g/mol. The number of ether oxygens (including phenoxy) is 2. The van der Waals surface area contributed by atoms with E-state index in [4.69, 9.17) is 32.2 Å². The molecule has 0 bridgehead atoms. The molecular weight excluding hydrogens is 712 g/mol. The van der Waals surface area contributed by atoms with E-state index < -0.39 is 53.5 Å². The highest BCUT2D eigenvalue weighted by molar-refractivity contribution is 6.31. The number of nitrogens with zero attached hydrogens (tertiary/aromatic N) is 2. The van der Waals surface area contributed by atoms with Crippen LogP contribution in [0.15, 0.2) is 60.3 Å². The van der Waals surface area contributed by atoms with Gasteiger partial charge < -0.3 is 30.9 Å². The van der Waals surface area contributed by atoms with Crippen molar-refractivity contribution in [3.63, 3.8) is 0 Å². The number of nitrogen functional groups attached to an aromatic ring is 1. The molecule has 2 aliphatic carbocycles. The third-order valence-corrected chi connectivity index (χ3v) is 9.63. The summed E-state index contributed by atoms with van der Waals surface area (Å²) in [5.41, 5.74) is 3.21. The number of hydrogen-bond acceptors (Lipinski definition) is 10. The largest absolute Gasteiger partial charge is 0.461 e. The van der Waals surface area contributed by atoms with Crippen LogP contribution in [0.3, 0.4) is 0 Å². The number of halogens is 5. The van der Waals surface area contributed by atoms with E-state index in [-0.39, 0.29) is 72.1 Å². The highest BCUT2D eigenvalue weighted by Crippen LogP contribution is 2.56. The summed E-state index contributed by atoms with van der Waals surface area (Å²) in [4.78, 5) is 37.4. The standard InChI is InChI=1S/C35H37ClF4N6O6/c1-46-32(42)29(33(49)44-23-7-8-26(37)25(36)13-23)30(45-46)20-11-21-14-34(50,15-22(21)12-20)24(31(41)35(38,39)40)16-43-18-52-28(48)10-9-27(47)51-17-19-5-3-2-4-6-19/h2-8,13,16,20-22,41,43,50H,9-12,14-15,17-18,42H2,1H3,(H,44,49)/b24-16+,41-31?. The van der Waals surface area contributed by atoms with Crippen molar-refractivity contribution >= 4 is 46.7 Å². The molecule has 1 amide bonds. The molecule has 12 nitrogen and oxygen atoms in total. The molecule has 2 fully saturated rings. The summed E-state index contributed by atoms with van der Waals surface area (Å²) in [5.74, 6) is -3.51. The van der Waals surface area contributed by atoms with Crippen molar-refractivity contribution < 1.29 is 46.5 Å². The highest BCUT2D eigenvalue weighted by atomic mass is 35.5. The van der Waals surface area contributed by atoms with Crippen molar-refractivity contribution in [3.8, 4) is 0 Å². The minimum atomic E-state index is -5.08. The first-order chi connectivity index (χ1) is 24.6. The van der Waals surface area contributed by atoms with Gasteiger partial charge in [0.1, 0.15) is 29.5 Å². The lowest BCUT2D eigenvalue weighted by atomic mass is 9.84. The van der Waals surface area contributed by atoms with Crippen LogP contribution in [0.2, 0.25) is 5.02 Å². The Balaban J connectivity index is 1.19. The average Bonchev–Trinajstić information content (AvgIpc) is 3.72. The fourth-order valence-corrected chi connectivity index (χ4v) is 7.08. The van der Waals surface area contributed by atoms with Crippen molar-refractivity contribution in [1.29, 1.82) is 5.41 Å². The normalized spacial score (nSPS) is 21.4. The summed E-state index contributed by atoms with van der Waals surface area (Å²) in [6.45, 7) is -0.543. The molecule has 17 heteroatoms. The molecule has 2 aliphatic rings. The van der Waals surface area contributed by atoms with Crippen molar-refractivity contribution in [3.05, 3.63) is 88.0 Å². The SMILES string of the molecule is Cn1nc(C2CC3CC(O)(/C(=C/NCOC(=O)CCC(=O)OCc4ccccc4)C(=N)C(F)(F)F)CC3C2)c(C(=O)Nc2ccc(F)c(Cl)c2)c1N. The zero-order valence-electron chi connectivity index (χ0n) is 27.9. The third kappa shape index (κ3) is 8.91. The zero-order valence-corrected chi connectivity index (χ0v) is 28.7. The molecule has 5 rings (SSSR count). The lowest BCUT2D eigenvalue weighted by molar-refractivity contribution is -0.151. The van der Waals surface area contributed by atoms with Crippen LogP contribution in [-0.2, 0) is 32.7 Å². The van der Waals surface area contributed by atoms with E-state index in [1.165, 1.54) is 16.8 Å². The van der Waals surface area contributed by atoms with E-state index >= 15 is 0 Å². The van der Waals surface area contributed by atoms with Gasteiger partial charge in [0.05, 0.1) is 29.2 Å². The lowest BCUT2D eigenvalue weighted by Crippen LogP contribution is -2.39. The maximum absolute atomic E-state index is 13.8. The number of amides is 1. The topological polar surface area (TPSA) is 182 Å². The second kappa shape index (κ2) is 15.7. The Morgan fingerprint density at radius 1 is 1.10 bits per heavy atom. The number of anilines is 2. The maximum Gasteiger partial charge on any atom is 0.433 e. The quantitative estimate of drug-likeness (QED) is 0.0477. The predicted molar refractivity (Wildman–Crippen MR) is 182 cm³/mol. The van der Waals surface area contributed by atoms with E-state index in [9.17, 15) is 37.1 Å². The minimum Gasteiger partial charge on any atom is -0.461 e. The highest BCUT2D eigenvalue weighted by Gasteiger charge is 2.54. The lowest BCUT2D eigenvalue weighted by Gasteiger charge is -2.29. The molecule has 2 aromatic carbocycles. The first-order valence-electron chi connectivity index (χ1n) is 16.3. The molecule has 0 spiro atoms. The summed E-state index contributed by atoms with van der Waals surface area (Å²) in [6, 6.07) is 12.6. The van der Waals surface area contributed by atoms with Crippen molar-refractivity contribution in [2.75, 3.05) is 17.8 Å². The number of carbonyl (C=O) groups excluding carboxylic acids is 3. The van der Waals surface area contributed by atoms with E-state index in [1.807, 2.05) is 6.07 Å². The second-order valence-corrected chi connectivity index (χ2v) is 13.3. The number of hydrogen-bond donors (Lipinski definition) is 5. The van der Waals surface area contributed by atoms with Crippen LogP contribution in [0.4, 0.5) is 29.1 Å². The number of aryl methyl sites for hydroxylation is 1. The van der Waals surface area contributed by atoms with Crippen LogP contribution in [0, 0.1) is 23.1 Å². The molecule has 52 heavy (non-hydrogen) atoms. The second-order valence-electron chi connectivity index (χ2n) is 12.9. The van der Waals surface area contributed by atoms with Crippen molar-refractivity contribution in [2.45, 2.75) is 62.8 Å². The van der Waals surface area contributed by atoms with E-state index in [0.29, 0.717) is 18.5 Å². The smallest absolute Gasteiger partial charge is 0.433 e. The number of nitrogens with two attached hydrogens (primary N) is 1. The first-order valence-corrected chi connectivity index (χ1v) is 16.7. The fourth-order valence-electron chi connectivity index (χ4n) is 6.89. The molecule has 1 aromatic heterocycles. The van der Waals surface area contributed by atoms with Gasteiger partial charge in [-0.3, -0.25) is 24.5 Å². The maximum atomic E-state index is 13.8. The number of esters is 2. The van der Waals surface area contributed by atoms with Crippen LogP contribution in [0.25, 0.3) is 0 Å². The summed E-state index contributed by atoms with van der Waals surface area (Å²) < 4.78 is 66.5. The van der Waals surface area contributed by atoms with Gasteiger partial charge in [-0.05, 0) is 61.3 Å². The number of aliphatic hydroxyl groups is 1. The molecule has 2 saturated carbocycles. The van der Waals surface area contributed by atoms with Gasteiger partial charge in [-0.1, -0.05) is 41.9 Å². The van der Waals surface area contributed by atoms with Gasteiger partial charge in [0.25, 0.3) is 5.91 Å². The number of carbonyl (C=O) groups is 3. The molecule has 0 aliphatic heterocycles. The van der Waals surface area contributed by atoms with Gasteiger partial charge in [0, 0.05) is 30.4 Å². The Bertz CT molecular complexity index is 1850. The van der Waals surface area contributed by atoms with Crippen LogP contribution < -0.4 is 16.4 Å². The average molecular weight is 749 g/mol. The zero-order chi connectivity index (χ0) is 37.8. The van der Waals surface area contributed by atoms with Crippen molar-refractivity contribution in [1.82, 2.24) is 15.1 Å². The van der Waals surface area contributed by atoms with Gasteiger partial charge in [0.2, 0.25) is 0 Å². The summed E-state index contributed by atoms with van der Waals surface area (Å²) >= 11 is 5.85. The van der Waals surface area contributed by atoms with Crippen LogP contribution in [0.1, 0.15) is 66.1 Å². The third-order valence-electron chi connectivity index (χ3n) is 9.34. The summed E-state index contributed by atoms with van der Waals surface area (Å²) in [6.07, 6.45) is -4.32. The summed E-state index contributed by atoms with van der Waals surface area (Å²) in [5, 5.41) is 28.8. The molecule has 0 radical (unpaired) electrons. The number of benzene rings is 2. The van der Waals surface area contributed by atoms with Gasteiger partial charge in [0.15, 0.2) is 6.73 Å². The van der Waals surface area contributed by atoms with Gasteiger partial charge in [-0.2, -0.15) is 18.3 Å². The Hall–Kier alpha value is -4.96. The summed E-state index contributed by atoms with van der Waals surface area (Å²) in [7, 11) is 1.56. The molecule has 6 N–H and O–H groups in total. The Morgan fingerprint density at radius 3 is 2.35 bits per heavy atom. The Kier molecular flexibility index (Phi) is 11.6. The van der Waals surface area contributed by atoms with E-state index in [0.717, 1.165) is 17.8 Å². The van der Waals surface area contributed by atoms with E-state index in [2.05, 4.69) is 15.7 Å². The molecule has 2 atom stereocenters. The fraction of sp³-hybridized carbons (Fsp3) is 0.400. The molecular formula is C35H37ClF4N6O6. The van der Waals surface area contributed by atoms with Gasteiger partial charge in [-0.25, -0.2) is 4.39 Å². The molecule has 2 unspecified atom stereocenters.